The topological polar surface area (TPSA) is 39.9 Å². The molecule has 6 heteroatoms. The molecule has 1 aliphatic heterocycles. The number of thiophene rings is 1. The van der Waals surface area contributed by atoms with Crippen molar-refractivity contribution in [2.45, 2.75) is 33.0 Å². The molecule has 0 bridgehead atoms. The number of ether oxygens (including phenoxy) is 1. The number of hydrogen-bond donors (Lipinski definition) is 0. The maximum Gasteiger partial charge on any atom is 0.167 e. The Kier molecular flexibility index (Phi) is 3.83. The van der Waals surface area contributed by atoms with E-state index in [2.05, 4.69) is 55.0 Å². The highest BCUT2D eigenvalue weighted by Crippen LogP contribution is 2.41. The van der Waals surface area contributed by atoms with Crippen molar-refractivity contribution in [3.63, 3.8) is 0 Å². The minimum atomic E-state index is -0.0563. The van der Waals surface area contributed by atoms with Crippen LogP contribution in [0.5, 0.6) is 0 Å². The number of aromatic nitrogens is 3. The molecule has 0 saturated heterocycles. The molecule has 0 amide bonds. The van der Waals surface area contributed by atoms with Crippen molar-refractivity contribution in [2.75, 3.05) is 0 Å². The van der Waals surface area contributed by atoms with Crippen LogP contribution in [0, 0.1) is 6.92 Å². The number of benzene rings is 1. The maximum absolute atomic E-state index is 6.02. The first-order chi connectivity index (χ1) is 11.1. The summed E-state index contributed by atoms with van der Waals surface area (Å²) in [4.78, 5) is 0. The molecule has 0 fully saturated rings. The molecule has 0 radical (unpaired) electrons. The van der Waals surface area contributed by atoms with Crippen molar-refractivity contribution < 1.29 is 4.74 Å². The normalized spacial score (nSPS) is 16.7. The van der Waals surface area contributed by atoms with Gasteiger partial charge in [0.25, 0.3) is 0 Å². The fraction of sp³-hybridized carbons (Fsp3) is 0.294. The van der Waals surface area contributed by atoms with Gasteiger partial charge in [0.1, 0.15) is 16.9 Å². The van der Waals surface area contributed by atoms with E-state index in [1.165, 1.54) is 21.7 Å². The van der Waals surface area contributed by atoms with Crippen LogP contribution >= 0.6 is 27.3 Å². The van der Waals surface area contributed by atoms with Crippen molar-refractivity contribution in [2.24, 2.45) is 0 Å². The van der Waals surface area contributed by atoms with E-state index in [4.69, 9.17) is 4.74 Å². The molecule has 118 valence electrons. The van der Waals surface area contributed by atoms with Crippen LogP contribution in [0.2, 0.25) is 0 Å². The highest BCUT2D eigenvalue weighted by molar-refractivity contribution is 9.11. The zero-order chi connectivity index (χ0) is 16.0. The average Bonchev–Trinajstić information content (AvgIpc) is 3.03. The number of fused-ring (bicyclic) bond motifs is 3. The first kappa shape index (κ1) is 15.1. The number of halogens is 1. The van der Waals surface area contributed by atoms with Crippen LogP contribution in [0.4, 0.5) is 0 Å². The second-order valence-electron chi connectivity index (χ2n) is 5.69. The van der Waals surface area contributed by atoms with Gasteiger partial charge in [0, 0.05) is 5.56 Å². The van der Waals surface area contributed by atoms with Crippen LogP contribution in [0.1, 0.15) is 41.4 Å². The van der Waals surface area contributed by atoms with Gasteiger partial charge in [0.15, 0.2) is 5.82 Å². The van der Waals surface area contributed by atoms with Crippen molar-refractivity contribution in [1.82, 2.24) is 14.8 Å². The predicted octanol–water partition coefficient (Wildman–Crippen LogP) is 4.58. The molecule has 23 heavy (non-hydrogen) atoms. The molecule has 0 aliphatic carbocycles. The van der Waals surface area contributed by atoms with E-state index in [-0.39, 0.29) is 6.10 Å². The molecular weight excluding hydrogens is 374 g/mol. The van der Waals surface area contributed by atoms with Crippen LogP contribution in [-0.2, 0) is 17.8 Å². The van der Waals surface area contributed by atoms with E-state index in [9.17, 15) is 0 Å². The second kappa shape index (κ2) is 5.85. The van der Waals surface area contributed by atoms with Gasteiger partial charge in [-0.05, 0) is 47.3 Å². The Morgan fingerprint density at radius 2 is 2.09 bits per heavy atom. The molecule has 4 nitrogen and oxygen atoms in total. The van der Waals surface area contributed by atoms with Crippen LogP contribution in [-0.4, -0.2) is 14.8 Å². The molecule has 1 aliphatic rings. The van der Waals surface area contributed by atoms with Gasteiger partial charge in [-0.3, -0.25) is 4.57 Å². The minimum Gasteiger partial charge on any atom is -0.366 e. The molecule has 0 spiro atoms. The third-order valence-electron chi connectivity index (χ3n) is 4.16. The van der Waals surface area contributed by atoms with E-state index in [1.807, 2.05) is 19.9 Å². The third kappa shape index (κ3) is 2.55. The number of aryl methyl sites for hydroxylation is 1. The highest BCUT2D eigenvalue weighted by atomic mass is 79.9. The standard InChI is InChI=1S/C17H16BrN3OS/c1-10-16-20-19-11(2)21(16)17-14(9-22-10)13(15(18)23-17)8-12-6-4-3-5-7-12/h3-7,10H,8-9H2,1-2H3/t10-/m0/s1. The largest absolute Gasteiger partial charge is 0.366 e. The van der Waals surface area contributed by atoms with Gasteiger partial charge in [0.05, 0.1) is 10.4 Å². The van der Waals surface area contributed by atoms with Gasteiger partial charge < -0.3 is 4.74 Å². The summed E-state index contributed by atoms with van der Waals surface area (Å²) in [5.74, 6) is 1.78. The van der Waals surface area contributed by atoms with Crippen molar-refractivity contribution in [1.29, 1.82) is 0 Å². The summed E-state index contributed by atoms with van der Waals surface area (Å²) in [6.45, 7) is 4.62. The molecule has 3 aromatic rings. The lowest BCUT2D eigenvalue weighted by Gasteiger charge is -2.09. The van der Waals surface area contributed by atoms with Gasteiger partial charge in [-0.1, -0.05) is 30.3 Å². The highest BCUT2D eigenvalue weighted by Gasteiger charge is 2.28. The van der Waals surface area contributed by atoms with Gasteiger partial charge >= 0.3 is 0 Å². The van der Waals surface area contributed by atoms with Crippen LogP contribution in [0.25, 0.3) is 5.00 Å². The SMILES string of the molecule is Cc1nnc2n1-c1sc(Br)c(Cc3ccccc3)c1CO[C@H]2C. The first-order valence-electron chi connectivity index (χ1n) is 7.53. The molecule has 4 rings (SSSR count). The van der Waals surface area contributed by atoms with E-state index in [1.54, 1.807) is 11.3 Å². The Morgan fingerprint density at radius 3 is 2.87 bits per heavy atom. The van der Waals surface area contributed by atoms with Gasteiger partial charge in [0.2, 0.25) is 0 Å². The lowest BCUT2D eigenvalue weighted by molar-refractivity contribution is 0.0493. The van der Waals surface area contributed by atoms with Crippen molar-refractivity contribution in [3.8, 4) is 5.00 Å². The van der Waals surface area contributed by atoms with Crippen molar-refractivity contribution in [3.05, 3.63) is 62.5 Å². The van der Waals surface area contributed by atoms with E-state index < -0.39 is 0 Å². The fourth-order valence-electron chi connectivity index (χ4n) is 2.94. The molecule has 2 aromatic heterocycles. The summed E-state index contributed by atoms with van der Waals surface area (Å²) in [7, 11) is 0. The lowest BCUT2D eigenvalue weighted by Crippen LogP contribution is -2.04. The minimum absolute atomic E-state index is 0.0563. The quantitative estimate of drug-likeness (QED) is 0.643. The Bertz CT molecular complexity index is 856. The fourth-order valence-corrected chi connectivity index (χ4v) is 4.89. The number of hydrogen-bond acceptors (Lipinski definition) is 4. The van der Waals surface area contributed by atoms with E-state index in [0.29, 0.717) is 6.61 Å². The smallest absolute Gasteiger partial charge is 0.167 e. The zero-order valence-corrected chi connectivity index (χ0v) is 15.3. The maximum atomic E-state index is 6.02. The lowest BCUT2D eigenvalue weighted by atomic mass is 10.0. The monoisotopic (exact) mass is 389 g/mol. The summed E-state index contributed by atoms with van der Waals surface area (Å²) in [6.07, 6.45) is 0.834. The Labute approximate surface area is 147 Å². The summed E-state index contributed by atoms with van der Waals surface area (Å²) in [6, 6.07) is 10.5. The molecule has 0 unspecified atom stereocenters. The molecular formula is C17H16BrN3OS. The summed E-state index contributed by atoms with van der Waals surface area (Å²) >= 11 is 5.48. The van der Waals surface area contributed by atoms with Crippen LogP contribution in [0.15, 0.2) is 34.1 Å². The number of rotatable bonds is 2. The third-order valence-corrected chi connectivity index (χ3v) is 6.18. The first-order valence-corrected chi connectivity index (χ1v) is 9.14. The molecule has 1 atom stereocenters. The van der Waals surface area contributed by atoms with Gasteiger partial charge in [-0.25, -0.2) is 0 Å². The predicted molar refractivity (Wildman–Crippen MR) is 94.1 cm³/mol. The molecule has 3 heterocycles. The summed E-state index contributed by atoms with van der Waals surface area (Å²) in [5, 5.41) is 9.71. The molecule has 0 saturated carbocycles. The van der Waals surface area contributed by atoms with Crippen molar-refractivity contribution >= 4 is 27.3 Å². The van der Waals surface area contributed by atoms with E-state index in [0.717, 1.165) is 21.9 Å². The van der Waals surface area contributed by atoms with Gasteiger partial charge in [-0.2, -0.15) is 0 Å². The summed E-state index contributed by atoms with van der Waals surface area (Å²) < 4.78 is 9.32. The Balaban J connectivity index is 1.85. The van der Waals surface area contributed by atoms with Crippen LogP contribution < -0.4 is 0 Å². The Hall–Kier alpha value is -1.50. The van der Waals surface area contributed by atoms with Crippen LogP contribution in [0.3, 0.4) is 0 Å². The van der Waals surface area contributed by atoms with Gasteiger partial charge in [-0.15, -0.1) is 21.5 Å². The molecule has 0 N–H and O–H groups in total. The van der Waals surface area contributed by atoms with E-state index >= 15 is 0 Å². The zero-order valence-electron chi connectivity index (χ0n) is 12.9. The Morgan fingerprint density at radius 1 is 1.30 bits per heavy atom. The number of nitrogens with zero attached hydrogens (tertiary/aromatic N) is 3. The average molecular weight is 390 g/mol. The summed E-state index contributed by atoms with van der Waals surface area (Å²) in [5.41, 5.74) is 3.83. The second-order valence-corrected chi connectivity index (χ2v) is 8.01. The molecule has 1 aromatic carbocycles.